The van der Waals surface area contributed by atoms with E-state index in [1.807, 2.05) is 0 Å². The summed E-state index contributed by atoms with van der Waals surface area (Å²) in [5.41, 5.74) is 2.41. The minimum Gasteiger partial charge on any atom is -0.465 e. The lowest BCUT2D eigenvalue weighted by atomic mass is 10.0. The van der Waals surface area contributed by atoms with Crippen molar-refractivity contribution in [3.8, 4) is 0 Å². The van der Waals surface area contributed by atoms with Crippen molar-refractivity contribution in [2.24, 2.45) is 0 Å². The normalized spacial score (nSPS) is 10.4. The Hall–Kier alpha value is -3.41. The first-order chi connectivity index (χ1) is 12.5. The number of benzene rings is 2. The number of carbonyl (C=O) groups is 3. The predicted molar refractivity (Wildman–Crippen MR) is 95.8 cm³/mol. The molecule has 2 aromatic rings. The third-order valence-corrected chi connectivity index (χ3v) is 3.60. The van der Waals surface area contributed by atoms with Gasteiger partial charge in [0.05, 0.1) is 38.0 Å². The van der Waals surface area contributed by atoms with Crippen LogP contribution in [0.3, 0.4) is 0 Å². The number of carbonyl (C=O) groups excluding carboxylic acids is 3. The smallest absolute Gasteiger partial charge is 0.337 e. The maximum absolute atomic E-state index is 11.8. The van der Waals surface area contributed by atoms with Gasteiger partial charge in [0, 0.05) is 0 Å². The highest BCUT2D eigenvalue weighted by Crippen LogP contribution is 2.16. The molecule has 0 spiro atoms. The molecule has 6 nitrogen and oxygen atoms in total. The van der Waals surface area contributed by atoms with E-state index >= 15 is 0 Å². The summed E-state index contributed by atoms with van der Waals surface area (Å²) in [7, 11) is 3.86. The fourth-order valence-corrected chi connectivity index (χ4v) is 2.26. The van der Waals surface area contributed by atoms with Gasteiger partial charge in [-0.05, 0) is 41.5 Å². The van der Waals surface area contributed by atoms with Gasteiger partial charge in [-0.15, -0.1) is 0 Å². The minimum absolute atomic E-state index is 0.246. The van der Waals surface area contributed by atoms with E-state index < -0.39 is 17.9 Å². The van der Waals surface area contributed by atoms with Gasteiger partial charge in [0.1, 0.15) is 0 Å². The molecule has 0 bridgehead atoms. The van der Waals surface area contributed by atoms with E-state index in [0.717, 1.165) is 5.56 Å². The minimum atomic E-state index is -0.548. The number of ether oxygens (including phenoxy) is 3. The number of esters is 3. The van der Waals surface area contributed by atoms with E-state index in [-0.39, 0.29) is 11.1 Å². The SMILES string of the molecule is COC(=O)c1ccc(/C=C/c2cc(C(=O)OC)cc(C(=O)OC)c2)cc1. The third kappa shape index (κ3) is 4.57. The molecule has 0 amide bonds. The van der Waals surface area contributed by atoms with E-state index in [2.05, 4.69) is 4.74 Å². The zero-order chi connectivity index (χ0) is 19.1. The number of methoxy groups -OCH3 is 3. The summed E-state index contributed by atoms with van der Waals surface area (Å²) < 4.78 is 14.1. The van der Waals surface area contributed by atoms with Crippen LogP contribution in [-0.4, -0.2) is 39.2 Å². The Kier molecular flexibility index (Phi) is 6.27. The number of hydrogen-bond acceptors (Lipinski definition) is 6. The van der Waals surface area contributed by atoms with Crippen molar-refractivity contribution < 1.29 is 28.6 Å². The summed E-state index contributed by atoms with van der Waals surface area (Å²) in [4.78, 5) is 35.0. The van der Waals surface area contributed by atoms with E-state index in [1.165, 1.54) is 27.4 Å². The molecule has 0 aliphatic carbocycles. The molecule has 0 unspecified atom stereocenters. The zero-order valence-corrected chi connectivity index (χ0v) is 14.6. The molecule has 2 rings (SSSR count). The Morgan fingerprint density at radius 3 is 1.50 bits per heavy atom. The molecular formula is C20H18O6. The van der Waals surface area contributed by atoms with Crippen molar-refractivity contribution in [3.05, 3.63) is 70.3 Å². The van der Waals surface area contributed by atoms with Crippen LogP contribution in [0.25, 0.3) is 12.2 Å². The van der Waals surface area contributed by atoms with Gasteiger partial charge in [0.15, 0.2) is 0 Å². The van der Waals surface area contributed by atoms with Crippen molar-refractivity contribution in [1.82, 2.24) is 0 Å². The molecule has 0 heterocycles. The van der Waals surface area contributed by atoms with Crippen molar-refractivity contribution in [2.45, 2.75) is 0 Å². The molecule has 0 N–H and O–H groups in total. The van der Waals surface area contributed by atoms with Crippen LogP contribution in [0.5, 0.6) is 0 Å². The summed E-state index contributed by atoms with van der Waals surface area (Å²) in [5.74, 6) is -1.50. The number of hydrogen-bond donors (Lipinski definition) is 0. The van der Waals surface area contributed by atoms with Gasteiger partial charge in [0.2, 0.25) is 0 Å². The standard InChI is InChI=1S/C20H18O6/c1-24-18(21)15-8-6-13(7-9-15)4-5-14-10-16(19(22)25-2)12-17(11-14)20(23)26-3/h4-12H,1-3H3/b5-4+. The Morgan fingerprint density at radius 1 is 0.615 bits per heavy atom. The topological polar surface area (TPSA) is 78.9 Å². The molecule has 0 aliphatic heterocycles. The molecule has 0 radical (unpaired) electrons. The second-order valence-corrected chi connectivity index (χ2v) is 5.27. The first-order valence-corrected chi connectivity index (χ1v) is 7.66. The maximum atomic E-state index is 11.8. The molecule has 2 aromatic carbocycles. The van der Waals surface area contributed by atoms with Gasteiger partial charge < -0.3 is 14.2 Å². The van der Waals surface area contributed by atoms with E-state index in [4.69, 9.17) is 9.47 Å². The molecule has 0 saturated heterocycles. The van der Waals surface area contributed by atoms with Crippen LogP contribution in [0.2, 0.25) is 0 Å². The average molecular weight is 354 g/mol. The predicted octanol–water partition coefficient (Wildman–Crippen LogP) is 3.22. The van der Waals surface area contributed by atoms with Crippen LogP contribution < -0.4 is 0 Å². The molecule has 0 saturated carbocycles. The van der Waals surface area contributed by atoms with Crippen LogP contribution in [0.4, 0.5) is 0 Å². The van der Waals surface area contributed by atoms with E-state index in [1.54, 1.807) is 48.6 Å². The third-order valence-electron chi connectivity index (χ3n) is 3.60. The van der Waals surface area contributed by atoms with Crippen molar-refractivity contribution >= 4 is 30.1 Å². The molecular weight excluding hydrogens is 336 g/mol. The van der Waals surface area contributed by atoms with Crippen LogP contribution in [0.1, 0.15) is 42.2 Å². The van der Waals surface area contributed by atoms with Gasteiger partial charge in [-0.3, -0.25) is 0 Å². The molecule has 0 atom stereocenters. The first-order valence-electron chi connectivity index (χ1n) is 7.66. The molecule has 0 aromatic heterocycles. The highest BCUT2D eigenvalue weighted by Gasteiger charge is 2.13. The summed E-state index contributed by atoms with van der Waals surface area (Å²) in [6, 6.07) is 11.4. The fourth-order valence-electron chi connectivity index (χ4n) is 2.26. The molecule has 0 aliphatic rings. The Morgan fingerprint density at radius 2 is 1.04 bits per heavy atom. The lowest BCUT2D eigenvalue weighted by Gasteiger charge is -2.05. The first kappa shape index (κ1) is 18.9. The molecule has 6 heteroatoms. The average Bonchev–Trinajstić information content (AvgIpc) is 2.70. The maximum Gasteiger partial charge on any atom is 0.337 e. The zero-order valence-electron chi connectivity index (χ0n) is 14.6. The summed E-state index contributed by atoms with van der Waals surface area (Å²) >= 11 is 0. The second kappa shape index (κ2) is 8.62. The van der Waals surface area contributed by atoms with Crippen LogP contribution in [-0.2, 0) is 14.2 Å². The Bertz CT molecular complexity index is 815. The summed E-state index contributed by atoms with van der Waals surface area (Å²) in [5, 5.41) is 0. The quantitative estimate of drug-likeness (QED) is 0.466. The van der Waals surface area contributed by atoms with Gasteiger partial charge in [-0.2, -0.15) is 0 Å². The monoisotopic (exact) mass is 354 g/mol. The van der Waals surface area contributed by atoms with Crippen LogP contribution in [0.15, 0.2) is 42.5 Å². The van der Waals surface area contributed by atoms with Gasteiger partial charge in [-0.25, -0.2) is 14.4 Å². The molecule has 0 fully saturated rings. The fraction of sp³-hybridized carbons (Fsp3) is 0.150. The van der Waals surface area contributed by atoms with Crippen molar-refractivity contribution in [3.63, 3.8) is 0 Å². The summed E-state index contributed by atoms with van der Waals surface area (Å²) in [6.45, 7) is 0. The highest BCUT2D eigenvalue weighted by molar-refractivity contribution is 5.96. The Labute approximate surface area is 151 Å². The summed E-state index contributed by atoms with van der Waals surface area (Å²) in [6.07, 6.45) is 3.53. The van der Waals surface area contributed by atoms with E-state index in [9.17, 15) is 14.4 Å². The Balaban J connectivity index is 2.32. The van der Waals surface area contributed by atoms with E-state index in [0.29, 0.717) is 11.1 Å². The lowest BCUT2D eigenvalue weighted by Crippen LogP contribution is -2.07. The molecule has 134 valence electrons. The number of rotatable bonds is 5. The largest absolute Gasteiger partial charge is 0.465 e. The lowest BCUT2D eigenvalue weighted by molar-refractivity contribution is 0.0587. The van der Waals surface area contributed by atoms with Gasteiger partial charge in [-0.1, -0.05) is 24.3 Å². The highest BCUT2D eigenvalue weighted by atomic mass is 16.5. The van der Waals surface area contributed by atoms with Gasteiger partial charge >= 0.3 is 17.9 Å². The van der Waals surface area contributed by atoms with Crippen LogP contribution >= 0.6 is 0 Å². The van der Waals surface area contributed by atoms with Crippen LogP contribution in [0, 0.1) is 0 Å². The van der Waals surface area contributed by atoms with Crippen molar-refractivity contribution in [2.75, 3.05) is 21.3 Å². The second-order valence-electron chi connectivity index (χ2n) is 5.27. The van der Waals surface area contributed by atoms with Crippen molar-refractivity contribution in [1.29, 1.82) is 0 Å². The van der Waals surface area contributed by atoms with Gasteiger partial charge in [0.25, 0.3) is 0 Å². The molecule has 26 heavy (non-hydrogen) atoms.